The molecule has 71 heavy (non-hydrogen) atoms. The minimum absolute atomic E-state index is 0.254. The van der Waals surface area contributed by atoms with Crippen molar-refractivity contribution in [3.8, 4) is 0 Å². The summed E-state index contributed by atoms with van der Waals surface area (Å²) in [6.45, 7) is 2.64. The molecule has 410 valence electrons. The van der Waals surface area contributed by atoms with Gasteiger partial charge in [0.2, 0.25) is 5.91 Å². The van der Waals surface area contributed by atoms with Crippen molar-refractivity contribution >= 4 is 5.91 Å². The molecule has 1 amide bonds. The van der Waals surface area contributed by atoms with E-state index in [1.807, 2.05) is 6.08 Å². The van der Waals surface area contributed by atoms with Crippen LogP contribution < -0.4 is 5.32 Å². The van der Waals surface area contributed by atoms with Gasteiger partial charge in [0.15, 0.2) is 12.6 Å². The molecule has 0 aromatic carbocycles. The number of carbonyl (C=O) groups excluding carboxylic acids is 1. The van der Waals surface area contributed by atoms with Crippen molar-refractivity contribution in [3.05, 3.63) is 72.9 Å². The fourth-order valence-electron chi connectivity index (χ4n) is 8.65. The maximum Gasteiger partial charge on any atom is 0.220 e. The quantitative estimate of drug-likeness (QED) is 0.0207. The third-order valence-electron chi connectivity index (χ3n) is 13.1. The molecule has 2 aliphatic heterocycles. The number of hydrogen-bond donors (Lipinski definition) is 9. The van der Waals surface area contributed by atoms with Crippen LogP contribution in [-0.4, -0.2) is 140 Å². The normalized spacial score (nSPS) is 26.3. The van der Waals surface area contributed by atoms with E-state index in [4.69, 9.17) is 18.9 Å². The number of unbranched alkanes of at least 4 members (excludes halogenated alkanes) is 19. The average molecular weight is 1010 g/mol. The second kappa shape index (κ2) is 42.8. The Kier molecular flexibility index (Phi) is 38.9. The van der Waals surface area contributed by atoms with Crippen LogP contribution in [0.4, 0.5) is 0 Å². The monoisotopic (exact) mass is 1010 g/mol. The van der Waals surface area contributed by atoms with Crippen LogP contribution >= 0.6 is 0 Å². The molecule has 0 aromatic heterocycles. The minimum atomic E-state index is -1.79. The zero-order valence-corrected chi connectivity index (χ0v) is 43.7. The van der Waals surface area contributed by atoms with Gasteiger partial charge in [-0.15, -0.1) is 0 Å². The SMILES string of the molecule is CC/C=C\C/C=C\C/C=C\C/C=C\CCCCCCCCC(=O)NC(COC1OC(CO)C(OC2OC(CO)C(O)C(O)C2O)C(O)C1O)C(O)/C=C/CC/C=C/CCCCCCCCCCCCCC. The zero-order valence-electron chi connectivity index (χ0n) is 43.7. The summed E-state index contributed by atoms with van der Waals surface area (Å²) in [6, 6.07) is -0.943. The first kappa shape index (κ1) is 64.5. The Morgan fingerprint density at radius 1 is 0.521 bits per heavy atom. The van der Waals surface area contributed by atoms with E-state index < -0.39 is 86.8 Å². The highest BCUT2D eigenvalue weighted by Crippen LogP contribution is 2.30. The third-order valence-corrected chi connectivity index (χ3v) is 13.1. The van der Waals surface area contributed by atoms with Crippen molar-refractivity contribution < 1.29 is 64.6 Å². The Morgan fingerprint density at radius 3 is 1.55 bits per heavy atom. The molecule has 14 nitrogen and oxygen atoms in total. The lowest BCUT2D eigenvalue weighted by Crippen LogP contribution is -2.65. The van der Waals surface area contributed by atoms with Crippen LogP contribution in [-0.2, 0) is 23.7 Å². The minimum Gasteiger partial charge on any atom is -0.394 e. The van der Waals surface area contributed by atoms with Gasteiger partial charge in [-0.25, -0.2) is 0 Å². The molecule has 9 N–H and O–H groups in total. The first-order valence-corrected chi connectivity index (χ1v) is 27.7. The molecule has 0 saturated carbocycles. The highest BCUT2D eigenvalue weighted by molar-refractivity contribution is 5.76. The molecule has 0 radical (unpaired) electrons. The predicted octanol–water partition coefficient (Wildman–Crippen LogP) is 8.38. The zero-order chi connectivity index (χ0) is 51.7. The van der Waals surface area contributed by atoms with Gasteiger partial charge < -0.3 is 65.1 Å². The van der Waals surface area contributed by atoms with E-state index in [-0.39, 0.29) is 18.9 Å². The number of nitrogens with one attached hydrogen (secondary N) is 1. The maximum atomic E-state index is 13.2. The highest BCUT2D eigenvalue weighted by Gasteiger charge is 2.51. The van der Waals surface area contributed by atoms with E-state index in [0.717, 1.165) is 77.0 Å². The van der Waals surface area contributed by atoms with Crippen LogP contribution in [0.2, 0.25) is 0 Å². The lowest BCUT2D eigenvalue weighted by atomic mass is 9.97. The Hall–Kier alpha value is -2.57. The van der Waals surface area contributed by atoms with E-state index in [2.05, 4.69) is 79.9 Å². The molecule has 0 aliphatic carbocycles. The van der Waals surface area contributed by atoms with Crippen molar-refractivity contribution in [1.29, 1.82) is 0 Å². The van der Waals surface area contributed by atoms with Crippen LogP contribution in [0.25, 0.3) is 0 Å². The van der Waals surface area contributed by atoms with Crippen LogP contribution in [0.15, 0.2) is 72.9 Å². The first-order valence-electron chi connectivity index (χ1n) is 27.7. The topological polar surface area (TPSA) is 228 Å². The van der Waals surface area contributed by atoms with Gasteiger partial charge in [-0.05, 0) is 70.6 Å². The average Bonchev–Trinajstić information content (AvgIpc) is 3.37. The van der Waals surface area contributed by atoms with E-state index in [0.29, 0.717) is 12.8 Å². The summed E-state index contributed by atoms with van der Waals surface area (Å²) in [5.41, 5.74) is 0. The predicted molar refractivity (Wildman–Crippen MR) is 281 cm³/mol. The number of hydrogen-bond acceptors (Lipinski definition) is 13. The van der Waals surface area contributed by atoms with Crippen molar-refractivity contribution in [2.75, 3.05) is 19.8 Å². The molecule has 2 heterocycles. The Morgan fingerprint density at radius 2 is 0.986 bits per heavy atom. The third kappa shape index (κ3) is 29.2. The van der Waals surface area contributed by atoms with Crippen LogP contribution in [0.1, 0.15) is 187 Å². The van der Waals surface area contributed by atoms with Crippen LogP contribution in [0.5, 0.6) is 0 Å². The summed E-state index contributed by atoms with van der Waals surface area (Å²) in [4.78, 5) is 13.2. The van der Waals surface area contributed by atoms with E-state index in [9.17, 15) is 45.6 Å². The number of allylic oxidation sites excluding steroid dienone is 11. The number of carbonyl (C=O) groups is 1. The van der Waals surface area contributed by atoms with Crippen molar-refractivity contribution in [1.82, 2.24) is 5.32 Å². The van der Waals surface area contributed by atoms with Gasteiger partial charge in [-0.3, -0.25) is 4.79 Å². The van der Waals surface area contributed by atoms with Crippen LogP contribution in [0, 0.1) is 0 Å². The molecular formula is C57H99NO13. The van der Waals surface area contributed by atoms with Gasteiger partial charge in [0.25, 0.3) is 0 Å². The molecule has 12 unspecified atom stereocenters. The molecule has 0 aromatic rings. The number of ether oxygens (including phenoxy) is 4. The first-order chi connectivity index (χ1) is 34.6. The van der Waals surface area contributed by atoms with Gasteiger partial charge in [0, 0.05) is 6.42 Å². The largest absolute Gasteiger partial charge is 0.394 e. The lowest BCUT2D eigenvalue weighted by molar-refractivity contribution is -0.359. The Bertz CT molecular complexity index is 1470. The van der Waals surface area contributed by atoms with Crippen molar-refractivity contribution in [2.45, 2.75) is 261 Å². The molecule has 0 bridgehead atoms. The van der Waals surface area contributed by atoms with Crippen molar-refractivity contribution in [3.63, 3.8) is 0 Å². The fourth-order valence-corrected chi connectivity index (χ4v) is 8.65. The number of rotatable bonds is 42. The van der Waals surface area contributed by atoms with Gasteiger partial charge in [0.05, 0.1) is 32.0 Å². The fraction of sp³-hybridized carbons (Fsp3) is 0.772. The van der Waals surface area contributed by atoms with E-state index >= 15 is 0 Å². The summed E-state index contributed by atoms with van der Waals surface area (Å²) in [5.74, 6) is -0.266. The second-order valence-corrected chi connectivity index (χ2v) is 19.3. The van der Waals surface area contributed by atoms with Crippen molar-refractivity contribution in [2.24, 2.45) is 0 Å². The van der Waals surface area contributed by atoms with Gasteiger partial charge in [-0.1, -0.05) is 183 Å². The molecule has 14 heteroatoms. The summed E-state index contributed by atoms with van der Waals surface area (Å²) < 4.78 is 22.7. The standard InChI is InChI=1S/C57H99NO13/c1-3-5-7-9-11-13-15-17-19-21-23-25-27-29-31-33-35-37-39-41-49(62)58-45(46(61)40-38-36-34-32-30-28-26-24-22-20-18-16-14-12-10-8-6-4-2)44-68-56-54(67)52(65)55(48(43-60)70-56)71-57-53(66)51(64)50(63)47(42-59)69-57/h5,7,11,13,17,19,23,25,30,32,38,40,45-48,50-57,59-61,63-67H,3-4,6,8-10,12,14-16,18,20-22,24,26-29,31,33-37,39,41-44H2,1-2H3,(H,58,62)/b7-5-,13-11-,19-17-,25-23-,32-30+,40-38+. The number of amides is 1. The second-order valence-electron chi connectivity index (χ2n) is 19.3. The summed E-state index contributed by atoms with van der Waals surface area (Å²) in [6.07, 6.45) is 37.9. The van der Waals surface area contributed by atoms with E-state index in [1.165, 1.54) is 77.0 Å². The summed E-state index contributed by atoms with van der Waals surface area (Å²) >= 11 is 0. The Balaban J connectivity index is 1.84. The molecule has 12 atom stereocenters. The number of aliphatic hydroxyl groups is 8. The lowest BCUT2D eigenvalue weighted by Gasteiger charge is -2.46. The molecule has 2 rings (SSSR count). The van der Waals surface area contributed by atoms with Gasteiger partial charge in [0.1, 0.15) is 48.8 Å². The molecule has 0 spiro atoms. The van der Waals surface area contributed by atoms with Gasteiger partial charge in [-0.2, -0.15) is 0 Å². The molecule has 2 fully saturated rings. The number of aliphatic hydroxyl groups excluding tert-OH is 8. The Labute approximate surface area is 428 Å². The van der Waals surface area contributed by atoms with Crippen LogP contribution in [0.3, 0.4) is 0 Å². The smallest absolute Gasteiger partial charge is 0.220 e. The summed E-state index contributed by atoms with van der Waals surface area (Å²) in [7, 11) is 0. The molecular weight excluding hydrogens is 907 g/mol. The maximum absolute atomic E-state index is 13.2. The highest BCUT2D eigenvalue weighted by atomic mass is 16.7. The molecule has 2 saturated heterocycles. The van der Waals surface area contributed by atoms with E-state index in [1.54, 1.807) is 6.08 Å². The molecule has 2 aliphatic rings. The van der Waals surface area contributed by atoms with Gasteiger partial charge >= 0.3 is 0 Å². The summed E-state index contributed by atoms with van der Waals surface area (Å²) in [5, 5.41) is 86.9.